The van der Waals surface area contributed by atoms with Crippen molar-refractivity contribution in [2.75, 3.05) is 18.5 Å². The molecule has 66 valence electrons. The van der Waals surface area contributed by atoms with Crippen LogP contribution in [0.25, 0.3) is 0 Å². The molecule has 2 rings (SSSR count). The smallest absolute Gasteiger partial charge is 0.142 e. The van der Waals surface area contributed by atoms with Crippen LogP contribution in [0, 0.1) is 0 Å². The molecule has 0 aromatic heterocycles. The highest BCUT2D eigenvalue weighted by Crippen LogP contribution is 2.25. The van der Waals surface area contributed by atoms with Crippen LogP contribution in [0.15, 0.2) is 24.3 Å². The predicted octanol–water partition coefficient (Wildman–Crippen LogP) is 2.30. The maximum atomic E-state index is 5.49. The molecule has 1 N–H and O–H groups in total. The van der Waals surface area contributed by atoms with Gasteiger partial charge in [0.1, 0.15) is 5.75 Å². The molecule has 0 fully saturated rings. The number of hydrogen-bond donors (Lipinski definition) is 1. The van der Waals surface area contributed by atoms with Crippen LogP contribution in [0.3, 0.4) is 0 Å². The Morgan fingerprint density at radius 1 is 1.25 bits per heavy atom. The van der Waals surface area contributed by atoms with E-state index in [1.54, 1.807) is 0 Å². The van der Waals surface area contributed by atoms with Gasteiger partial charge in [-0.25, -0.2) is 0 Å². The van der Waals surface area contributed by atoms with Gasteiger partial charge in [-0.3, -0.25) is 0 Å². The normalized spacial score (nSPS) is 14.3. The zero-order chi connectivity index (χ0) is 7.52. The lowest BCUT2D eigenvalue weighted by Gasteiger charge is -2.05. The van der Waals surface area contributed by atoms with Crippen LogP contribution in [0.4, 0.5) is 5.69 Å². The van der Waals surface area contributed by atoms with E-state index >= 15 is 0 Å². The Morgan fingerprint density at radius 3 is 3.00 bits per heavy atom. The third kappa shape index (κ3) is 1.83. The molecular formula is C9H12ClNO. The van der Waals surface area contributed by atoms with E-state index < -0.39 is 0 Å². The maximum absolute atomic E-state index is 5.49. The average molecular weight is 186 g/mol. The van der Waals surface area contributed by atoms with Crippen molar-refractivity contribution in [3.05, 3.63) is 24.3 Å². The summed E-state index contributed by atoms with van der Waals surface area (Å²) in [5.74, 6) is 0.977. The second-order valence-electron chi connectivity index (χ2n) is 2.62. The zero-order valence-corrected chi connectivity index (χ0v) is 7.56. The van der Waals surface area contributed by atoms with Crippen LogP contribution in [0.1, 0.15) is 6.42 Å². The molecule has 1 aliphatic heterocycles. The van der Waals surface area contributed by atoms with Gasteiger partial charge in [-0.1, -0.05) is 12.1 Å². The number of para-hydroxylation sites is 2. The standard InChI is InChI=1S/C9H11NO.ClH/c1-2-5-9-8(4-1)10-6-3-7-11-9;/h1-2,4-5,10H,3,6-7H2;1H. The van der Waals surface area contributed by atoms with Crippen LogP contribution >= 0.6 is 12.4 Å². The van der Waals surface area contributed by atoms with Crippen molar-refractivity contribution in [2.24, 2.45) is 0 Å². The van der Waals surface area contributed by atoms with Gasteiger partial charge in [0, 0.05) is 6.54 Å². The summed E-state index contributed by atoms with van der Waals surface area (Å²) in [5, 5.41) is 3.30. The summed E-state index contributed by atoms with van der Waals surface area (Å²) in [6.45, 7) is 1.83. The lowest BCUT2D eigenvalue weighted by Crippen LogP contribution is -1.99. The van der Waals surface area contributed by atoms with Crippen LogP contribution in [-0.4, -0.2) is 13.2 Å². The predicted molar refractivity (Wildman–Crippen MR) is 52.3 cm³/mol. The molecule has 0 atom stereocenters. The summed E-state index contributed by atoms with van der Waals surface area (Å²) in [6.07, 6.45) is 1.08. The van der Waals surface area contributed by atoms with E-state index in [0.717, 1.165) is 31.0 Å². The molecule has 2 nitrogen and oxygen atoms in total. The molecular weight excluding hydrogens is 174 g/mol. The maximum Gasteiger partial charge on any atom is 0.142 e. The van der Waals surface area contributed by atoms with Crippen LogP contribution in [0.2, 0.25) is 0 Å². The zero-order valence-electron chi connectivity index (χ0n) is 6.75. The largest absolute Gasteiger partial charge is 0.491 e. The quantitative estimate of drug-likeness (QED) is 0.670. The molecule has 0 aliphatic carbocycles. The van der Waals surface area contributed by atoms with E-state index in [-0.39, 0.29) is 12.4 Å². The molecule has 0 amide bonds. The Bertz CT molecular complexity index is 227. The number of nitrogens with one attached hydrogen (secondary N) is 1. The van der Waals surface area contributed by atoms with Crippen molar-refractivity contribution < 1.29 is 4.74 Å². The van der Waals surface area contributed by atoms with E-state index in [0.29, 0.717) is 0 Å². The highest BCUT2D eigenvalue weighted by molar-refractivity contribution is 5.85. The molecule has 1 heterocycles. The molecule has 1 aromatic rings. The third-order valence-electron chi connectivity index (χ3n) is 1.78. The molecule has 0 unspecified atom stereocenters. The number of anilines is 1. The van der Waals surface area contributed by atoms with Crippen molar-refractivity contribution in [3.63, 3.8) is 0 Å². The Labute approximate surface area is 78.3 Å². The van der Waals surface area contributed by atoms with Gasteiger partial charge >= 0.3 is 0 Å². The number of rotatable bonds is 0. The first-order chi connectivity index (χ1) is 5.47. The lowest BCUT2D eigenvalue weighted by atomic mass is 10.3. The highest BCUT2D eigenvalue weighted by atomic mass is 35.5. The number of fused-ring (bicyclic) bond motifs is 1. The van der Waals surface area contributed by atoms with Gasteiger partial charge in [0.2, 0.25) is 0 Å². The Kier molecular flexibility index (Phi) is 3.23. The van der Waals surface area contributed by atoms with Crippen molar-refractivity contribution >= 4 is 18.1 Å². The first-order valence-corrected chi connectivity index (χ1v) is 3.92. The highest BCUT2D eigenvalue weighted by Gasteiger charge is 2.04. The molecule has 0 saturated heterocycles. The minimum Gasteiger partial charge on any atom is -0.491 e. The van der Waals surface area contributed by atoms with E-state index in [1.165, 1.54) is 0 Å². The molecule has 0 bridgehead atoms. The summed E-state index contributed by atoms with van der Waals surface area (Å²) in [7, 11) is 0. The van der Waals surface area contributed by atoms with Gasteiger partial charge < -0.3 is 10.1 Å². The van der Waals surface area contributed by atoms with Crippen LogP contribution in [-0.2, 0) is 0 Å². The fourth-order valence-electron chi connectivity index (χ4n) is 1.22. The topological polar surface area (TPSA) is 21.3 Å². The molecule has 1 aromatic carbocycles. The fourth-order valence-corrected chi connectivity index (χ4v) is 1.22. The summed E-state index contributed by atoms with van der Waals surface area (Å²) in [4.78, 5) is 0. The van der Waals surface area contributed by atoms with Gasteiger partial charge in [-0.15, -0.1) is 12.4 Å². The third-order valence-corrected chi connectivity index (χ3v) is 1.78. The number of halogens is 1. The van der Waals surface area contributed by atoms with Crippen molar-refractivity contribution in [1.82, 2.24) is 0 Å². The molecule has 1 aliphatic rings. The molecule has 0 saturated carbocycles. The van der Waals surface area contributed by atoms with Gasteiger partial charge in [-0.05, 0) is 18.6 Å². The van der Waals surface area contributed by atoms with E-state index in [2.05, 4.69) is 5.32 Å². The fraction of sp³-hybridized carbons (Fsp3) is 0.333. The second kappa shape index (κ2) is 4.21. The lowest BCUT2D eigenvalue weighted by molar-refractivity contribution is 0.323. The SMILES string of the molecule is Cl.c1ccc2c(c1)NCCCO2. The monoisotopic (exact) mass is 185 g/mol. The van der Waals surface area contributed by atoms with E-state index in [9.17, 15) is 0 Å². The number of benzene rings is 1. The Balaban J connectivity index is 0.000000720. The summed E-state index contributed by atoms with van der Waals surface area (Å²) >= 11 is 0. The van der Waals surface area contributed by atoms with Gasteiger partial charge in [-0.2, -0.15) is 0 Å². The summed E-state index contributed by atoms with van der Waals surface area (Å²) in [6, 6.07) is 8.04. The average Bonchev–Trinajstić information content (AvgIpc) is 2.28. The first kappa shape index (κ1) is 9.20. The Morgan fingerprint density at radius 2 is 2.08 bits per heavy atom. The van der Waals surface area contributed by atoms with Gasteiger partial charge in [0.25, 0.3) is 0 Å². The number of hydrogen-bond acceptors (Lipinski definition) is 2. The second-order valence-corrected chi connectivity index (χ2v) is 2.62. The van der Waals surface area contributed by atoms with Crippen molar-refractivity contribution in [3.8, 4) is 5.75 Å². The molecule has 0 spiro atoms. The minimum atomic E-state index is 0. The summed E-state index contributed by atoms with van der Waals surface area (Å²) in [5.41, 5.74) is 1.12. The van der Waals surface area contributed by atoms with Crippen molar-refractivity contribution in [2.45, 2.75) is 6.42 Å². The van der Waals surface area contributed by atoms with E-state index in [4.69, 9.17) is 4.74 Å². The van der Waals surface area contributed by atoms with Gasteiger partial charge in [0.05, 0.1) is 12.3 Å². The number of ether oxygens (including phenoxy) is 1. The van der Waals surface area contributed by atoms with Gasteiger partial charge in [0.15, 0.2) is 0 Å². The molecule has 12 heavy (non-hydrogen) atoms. The van der Waals surface area contributed by atoms with Crippen LogP contribution in [0.5, 0.6) is 5.75 Å². The minimum absolute atomic E-state index is 0. The van der Waals surface area contributed by atoms with Crippen LogP contribution < -0.4 is 10.1 Å². The first-order valence-electron chi connectivity index (χ1n) is 3.92. The molecule has 0 radical (unpaired) electrons. The summed E-state index contributed by atoms with van der Waals surface area (Å²) < 4.78 is 5.49. The van der Waals surface area contributed by atoms with E-state index in [1.807, 2.05) is 24.3 Å². The molecule has 3 heteroatoms. The van der Waals surface area contributed by atoms with Crippen molar-refractivity contribution in [1.29, 1.82) is 0 Å². The Hall–Kier alpha value is -0.890.